The zero-order valence-electron chi connectivity index (χ0n) is 11.5. The van der Waals surface area contributed by atoms with Crippen LogP contribution < -0.4 is 5.32 Å². The summed E-state index contributed by atoms with van der Waals surface area (Å²) in [4.78, 5) is 0. The highest BCUT2D eigenvalue weighted by atomic mass is 16.5. The van der Waals surface area contributed by atoms with E-state index in [1.807, 2.05) is 0 Å². The standard InChI is InChI=1S/C15H27NO2/c1-12-4-2-3-5-14(12)10-18-11-15(17)9-16-8-13-6-7-13/h2-3,12-17H,4-11H2,1H3. The highest BCUT2D eigenvalue weighted by Gasteiger charge is 2.21. The third-order valence-corrected chi connectivity index (χ3v) is 4.07. The summed E-state index contributed by atoms with van der Waals surface area (Å²) in [5.74, 6) is 2.20. The molecule has 3 atom stereocenters. The van der Waals surface area contributed by atoms with E-state index in [4.69, 9.17) is 4.74 Å². The Morgan fingerprint density at radius 2 is 2.11 bits per heavy atom. The zero-order valence-corrected chi connectivity index (χ0v) is 11.5. The monoisotopic (exact) mass is 253 g/mol. The van der Waals surface area contributed by atoms with Crippen LogP contribution in [0.1, 0.15) is 32.6 Å². The normalized spacial score (nSPS) is 29.4. The Morgan fingerprint density at radius 1 is 1.33 bits per heavy atom. The molecule has 0 aromatic rings. The van der Waals surface area contributed by atoms with Gasteiger partial charge in [0.1, 0.15) is 0 Å². The highest BCUT2D eigenvalue weighted by Crippen LogP contribution is 2.27. The maximum atomic E-state index is 9.78. The van der Waals surface area contributed by atoms with Gasteiger partial charge in [-0.15, -0.1) is 0 Å². The Morgan fingerprint density at radius 3 is 2.83 bits per heavy atom. The third kappa shape index (κ3) is 5.09. The minimum atomic E-state index is -0.363. The molecule has 3 heteroatoms. The summed E-state index contributed by atoms with van der Waals surface area (Å²) in [5.41, 5.74) is 0. The second-order valence-electron chi connectivity index (χ2n) is 5.97. The Kier molecular flexibility index (Phi) is 5.67. The van der Waals surface area contributed by atoms with Gasteiger partial charge in [0.25, 0.3) is 0 Å². The number of allylic oxidation sites excluding steroid dienone is 2. The fourth-order valence-electron chi connectivity index (χ4n) is 2.43. The van der Waals surface area contributed by atoms with Gasteiger partial charge >= 0.3 is 0 Å². The van der Waals surface area contributed by atoms with Gasteiger partial charge in [0.15, 0.2) is 0 Å². The quantitative estimate of drug-likeness (QED) is 0.650. The molecular weight excluding hydrogens is 226 g/mol. The first-order chi connectivity index (χ1) is 8.75. The molecule has 1 saturated carbocycles. The molecule has 0 amide bonds. The van der Waals surface area contributed by atoms with Crippen molar-refractivity contribution in [1.29, 1.82) is 0 Å². The molecule has 0 aromatic carbocycles. The van der Waals surface area contributed by atoms with Crippen molar-refractivity contribution in [3.63, 3.8) is 0 Å². The van der Waals surface area contributed by atoms with Gasteiger partial charge < -0.3 is 15.2 Å². The largest absolute Gasteiger partial charge is 0.389 e. The van der Waals surface area contributed by atoms with E-state index in [0.717, 1.165) is 25.5 Å². The minimum Gasteiger partial charge on any atom is -0.389 e. The summed E-state index contributed by atoms with van der Waals surface area (Å²) in [6, 6.07) is 0. The van der Waals surface area contributed by atoms with Gasteiger partial charge in [-0.3, -0.25) is 0 Å². The Bertz CT molecular complexity index is 263. The van der Waals surface area contributed by atoms with Gasteiger partial charge in [-0.25, -0.2) is 0 Å². The maximum absolute atomic E-state index is 9.78. The Balaban J connectivity index is 1.49. The zero-order chi connectivity index (χ0) is 12.8. The lowest BCUT2D eigenvalue weighted by Crippen LogP contribution is -2.32. The van der Waals surface area contributed by atoms with Crippen molar-refractivity contribution >= 4 is 0 Å². The number of ether oxygens (including phenoxy) is 1. The summed E-state index contributed by atoms with van der Waals surface area (Å²) in [5, 5.41) is 13.1. The molecule has 2 aliphatic rings. The van der Waals surface area contributed by atoms with Crippen molar-refractivity contribution < 1.29 is 9.84 Å². The molecule has 0 aromatic heterocycles. The summed E-state index contributed by atoms with van der Waals surface area (Å²) in [6.45, 7) is 5.25. The highest BCUT2D eigenvalue weighted by molar-refractivity contribution is 4.93. The number of hydrogen-bond acceptors (Lipinski definition) is 3. The van der Waals surface area contributed by atoms with Crippen LogP contribution in [0.3, 0.4) is 0 Å². The van der Waals surface area contributed by atoms with E-state index < -0.39 is 0 Å². The second kappa shape index (κ2) is 7.27. The maximum Gasteiger partial charge on any atom is 0.0897 e. The molecule has 0 saturated heterocycles. The molecule has 2 rings (SSSR count). The van der Waals surface area contributed by atoms with Crippen LogP contribution in [0.25, 0.3) is 0 Å². The minimum absolute atomic E-state index is 0.363. The van der Waals surface area contributed by atoms with Gasteiger partial charge in [0, 0.05) is 6.54 Å². The summed E-state index contributed by atoms with van der Waals surface area (Å²) in [7, 11) is 0. The number of aliphatic hydroxyl groups excluding tert-OH is 1. The van der Waals surface area contributed by atoms with E-state index in [1.54, 1.807) is 0 Å². The van der Waals surface area contributed by atoms with Gasteiger partial charge in [-0.2, -0.15) is 0 Å². The van der Waals surface area contributed by atoms with Crippen LogP contribution in [0.15, 0.2) is 12.2 Å². The number of hydrogen-bond donors (Lipinski definition) is 2. The lowest BCUT2D eigenvalue weighted by Gasteiger charge is -2.25. The van der Waals surface area contributed by atoms with Crippen molar-refractivity contribution in [2.45, 2.75) is 38.7 Å². The van der Waals surface area contributed by atoms with E-state index in [-0.39, 0.29) is 6.10 Å². The molecule has 0 heterocycles. The van der Waals surface area contributed by atoms with E-state index >= 15 is 0 Å². The smallest absolute Gasteiger partial charge is 0.0897 e. The molecule has 3 nitrogen and oxygen atoms in total. The molecule has 0 aliphatic heterocycles. The van der Waals surface area contributed by atoms with E-state index in [0.29, 0.717) is 25.0 Å². The first-order valence-electron chi connectivity index (χ1n) is 7.37. The molecular formula is C15H27NO2. The van der Waals surface area contributed by atoms with Gasteiger partial charge in [0.05, 0.1) is 19.3 Å². The number of rotatable bonds is 8. The topological polar surface area (TPSA) is 41.5 Å². The average molecular weight is 253 g/mol. The lowest BCUT2D eigenvalue weighted by molar-refractivity contribution is 0.0128. The van der Waals surface area contributed by atoms with Gasteiger partial charge in [-0.1, -0.05) is 19.1 Å². The predicted octanol–water partition coefficient (Wildman–Crippen LogP) is 1.97. The predicted molar refractivity (Wildman–Crippen MR) is 73.4 cm³/mol. The summed E-state index contributed by atoms with van der Waals surface area (Å²) < 4.78 is 5.65. The van der Waals surface area contributed by atoms with Crippen LogP contribution in [0, 0.1) is 17.8 Å². The molecule has 2 aliphatic carbocycles. The Hall–Kier alpha value is -0.380. The molecule has 1 fully saturated rings. The Labute approximate surface area is 111 Å². The van der Waals surface area contributed by atoms with Crippen LogP contribution in [-0.4, -0.2) is 37.5 Å². The SMILES string of the molecule is CC1CC=CCC1COCC(O)CNCC1CC1. The van der Waals surface area contributed by atoms with Crippen LogP contribution in [0.4, 0.5) is 0 Å². The van der Waals surface area contributed by atoms with Gasteiger partial charge in [-0.05, 0) is 50.0 Å². The number of nitrogens with one attached hydrogen (secondary N) is 1. The van der Waals surface area contributed by atoms with Crippen molar-refractivity contribution in [3.8, 4) is 0 Å². The second-order valence-corrected chi connectivity index (χ2v) is 5.97. The third-order valence-electron chi connectivity index (χ3n) is 4.07. The molecule has 0 bridgehead atoms. The van der Waals surface area contributed by atoms with E-state index in [9.17, 15) is 5.11 Å². The molecule has 0 radical (unpaired) electrons. The van der Waals surface area contributed by atoms with Gasteiger partial charge in [0.2, 0.25) is 0 Å². The van der Waals surface area contributed by atoms with Crippen molar-refractivity contribution in [1.82, 2.24) is 5.32 Å². The van der Waals surface area contributed by atoms with Crippen LogP contribution in [-0.2, 0) is 4.74 Å². The average Bonchev–Trinajstić information content (AvgIpc) is 3.16. The van der Waals surface area contributed by atoms with E-state index in [1.165, 1.54) is 19.3 Å². The lowest BCUT2D eigenvalue weighted by atomic mass is 9.85. The van der Waals surface area contributed by atoms with Crippen LogP contribution in [0.5, 0.6) is 0 Å². The number of aliphatic hydroxyl groups is 1. The van der Waals surface area contributed by atoms with Crippen LogP contribution >= 0.6 is 0 Å². The van der Waals surface area contributed by atoms with E-state index in [2.05, 4.69) is 24.4 Å². The van der Waals surface area contributed by atoms with Crippen LogP contribution in [0.2, 0.25) is 0 Å². The molecule has 18 heavy (non-hydrogen) atoms. The molecule has 2 N–H and O–H groups in total. The molecule has 0 spiro atoms. The first kappa shape index (κ1) is 14.0. The molecule has 3 unspecified atom stereocenters. The first-order valence-corrected chi connectivity index (χ1v) is 7.37. The van der Waals surface area contributed by atoms with Crippen molar-refractivity contribution in [2.75, 3.05) is 26.3 Å². The summed E-state index contributed by atoms with van der Waals surface area (Å²) in [6.07, 6.45) is 9.15. The summed E-state index contributed by atoms with van der Waals surface area (Å²) >= 11 is 0. The molecule has 104 valence electrons. The van der Waals surface area contributed by atoms with Crippen molar-refractivity contribution in [3.05, 3.63) is 12.2 Å². The van der Waals surface area contributed by atoms with Crippen molar-refractivity contribution in [2.24, 2.45) is 17.8 Å². The fraction of sp³-hybridized carbons (Fsp3) is 0.867. The fourth-order valence-corrected chi connectivity index (χ4v) is 2.43.